The van der Waals surface area contributed by atoms with Gasteiger partial charge in [0.05, 0.1) is 41.8 Å². The van der Waals surface area contributed by atoms with Crippen molar-refractivity contribution in [3.63, 3.8) is 0 Å². The molecule has 9 rings (SSSR count). The standard InChI is InChI=1S/C45H53ClN10O7/c1-26(2)56-34-9-8-29(18-28(34)19-37(43(56)60)62-24-39(58)47-3)49-41-33(46)22-48-45(51-41)52-16-12-31(13-17-52)63-32-20-30(21-32)53-14-5-15-54(25-53)35-7-4-6-27-23-55(44(61)40(27)35)36-10-11-38(57)50-42(36)59/h4,6-9,18-19,22,26,30-32,36H,5,10-17,20-21,23-25H2,1-3H3,(H,47,58)(H,48,49,51)(H,50,57,59)/t30-,32-,36?. The molecule has 1 saturated carbocycles. The quantitative estimate of drug-likeness (QED) is 0.171. The molecule has 5 aliphatic rings. The maximum Gasteiger partial charge on any atom is 0.293 e. The number of benzene rings is 2. The molecule has 18 heteroatoms. The second-order valence-corrected chi connectivity index (χ2v) is 17.8. The topological polar surface area (TPSA) is 184 Å². The van der Waals surface area contributed by atoms with Crippen molar-refractivity contribution in [3.05, 3.63) is 75.2 Å². The molecule has 3 saturated heterocycles. The molecule has 1 aliphatic carbocycles. The number of carbonyl (C=O) groups excluding carboxylic acids is 4. The first kappa shape index (κ1) is 42.5. The molecule has 0 radical (unpaired) electrons. The molecular weight excluding hydrogens is 828 g/mol. The number of hydrogen-bond donors (Lipinski definition) is 3. The summed E-state index contributed by atoms with van der Waals surface area (Å²) in [5, 5.41) is 9.35. The third-order valence-corrected chi connectivity index (χ3v) is 13.2. The fraction of sp³-hybridized carbons (Fsp3) is 0.489. The molecule has 4 amide bonds. The van der Waals surface area contributed by atoms with Crippen LogP contribution in [0.4, 0.5) is 23.1 Å². The van der Waals surface area contributed by atoms with E-state index in [-0.39, 0.29) is 60.3 Å². The monoisotopic (exact) mass is 880 g/mol. The lowest BCUT2D eigenvalue weighted by molar-refractivity contribution is -0.137. The summed E-state index contributed by atoms with van der Waals surface area (Å²) in [4.78, 5) is 81.2. The Hall–Kier alpha value is -5.78. The van der Waals surface area contributed by atoms with Crippen molar-refractivity contribution >= 4 is 69.3 Å². The van der Waals surface area contributed by atoms with Crippen LogP contribution < -0.4 is 36.0 Å². The van der Waals surface area contributed by atoms with Crippen LogP contribution in [0.25, 0.3) is 10.9 Å². The molecule has 332 valence electrons. The number of nitrogens with one attached hydrogen (secondary N) is 3. The summed E-state index contributed by atoms with van der Waals surface area (Å²) in [5.41, 5.74) is 3.64. The van der Waals surface area contributed by atoms with Gasteiger partial charge in [0, 0.05) is 69.3 Å². The third kappa shape index (κ3) is 8.65. The Labute approximate surface area is 370 Å². The molecule has 2 aromatic carbocycles. The lowest BCUT2D eigenvalue weighted by atomic mass is 9.87. The average molecular weight is 881 g/mol. The highest BCUT2D eigenvalue weighted by Crippen LogP contribution is 2.38. The van der Waals surface area contributed by atoms with E-state index >= 15 is 0 Å². The summed E-state index contributed by atoms with van der Waals surface area (Å²) >= 11 is 6.61. The lowest BCUT2D eigenvalue weighted by Gasteiger charge is -2.48. The fourth-order valence-electron chi connectivity index (χ4n) is 9.55. The number of piperidine rings is 2. The highest BCUT2D eigenvalue weighted by Gasteiger charge is 2.42. The predicted molar refractivity (Wildman–Crippen MR) is 238 cm³/mol. The minimum atomic E-state index is -0.632. The van der Waals surface area contributed by atoms with E-state index in [1.807, 2.05) is 50.2 Å². The van der Waals surface area contributed by atoms with Gasteiger partial charge in [-0.3, -0.25) is 34.2 Å². The van der Waals surface area contributed by atoms with E-state index in [0.717, 1.165) is 87.1 Å². The van der Waals surface area contributed by atoms with Crippen molar-refractivity contribution in [1.29, 1.82) is 0 Å². The van der Waals surface area contributed by atoms with E-state index in [2.05, 4.69) is 35.6 Å². The summed E-state index contributed by atoms with van der Waals surface area (Å²) < 4.78 is 13.9. The van der Waals surface area contributed by atoms with Crippen LogP contribution in [0.15, 0.2) is 53.5 Å². The second kappa shape index (κ2) is 17.8. The SMILES string of the molecule is CNC(=O)COc1cc2cc(Nc3nc(N4CCC(O[C@H]5C[C@H](N6CCCN(c7cccc8c7C(=O)N(C7CCC(=O)NC7=O)C8)C6)C5)CC4)ncc3Cl)ccc2n(C(C)C)c1=O. The van der Waals surface area contributed by atoms with Crippen LogP contribution in [0.3, 0.4) is 0 Å². The molecule has 3 N–H and O–H groups in total. The van der Waals surface area contributed by atoms with Crippen LogP contribution in [-0.2, 0) is 25.7 Å². The molecule has 4 fully saturated rings. The number of carbonyl (C=O) groups is 4. The number of halogens is 1. The zero-order valence-electron chi connectivity index (χ0n) is 35.8. The van der Waals surface area contributed by atoms with Gasteiger partial charge in [0.2, 0.25) is 17.8 Å². The van der Waals surface area contributed by atoms with E-state index in [4.69, 9.17) is 26.1 Å². The van der Waals surface area contributed by atoms with Crippen LogP contribution in [0.2, 0.25) is 5.02 Å². The maximum atomic E-state index is 13.8. The summed E-state index contributed by atoms with van der Waals surface area (Å²) in [6.45, 7) is 8.01. The first-order valence-electron chi connectivity index (χ1n) is 21.9. The van der Waals surface area contributed by atoms with Gasteiger partial charge in [-0.1, -0.05) is 23.7 Å². The Morgan fingerprint density at radius 3 is 2.56 bits per heavy atom. The number of hydrogen-bond acceptors (Lipinski definition) is 13. The summed E-state index contributed by atoms with van der Waals surface area (Å²) in [7, 11) is 1.51. The van der Waals surface area contributed by atoms with Gasteiger partial charge in [-0.15, -0.1) is 0 Å². The van der Waals surface area contributed by atoms with E-state index < -0.39 is 11.9 Å². The van der Waals surface area contributed by atoms with Gasteiger partial charge in [0.15, 0.2) is 18.2 Å². The number of nitrogens with zero attached hydrogens (tertiary/aromatic N) is 7. The van der Waals surface area contributed by atoms with E-state index in [9.17, 15) is 24.0 Å². The first-order valence-corrected chi connectivity index (χ1v) is 22.3. The number of ether oxygens (including phenoxy) is 2. The fourth-order valence-corrected chi connectivity index (χ4v) is 9.69. The lowest BCUT2D eigenvalue weighted by Crippen LogP contribution is -2.56. The Balaban J connectivity index is 0.776. The number of rotatable bonds is 12. The van der Waals surface area contributed by atoms with Crippen molar-refractivity contribution < 1.29 is 28.7 Å². The largest absolute Gasteiger partial charge is 0.478 e. The molecule has 17 nitrogen and oxygen atoms in total. The van der Waals surface area contributed by atoms with Crippen LogP contribution in [0, 0.1) is 0 Å². The van der Waals surface area contributed by atoms with Crippen molar-refractivity contribution in [2.24, 2.45) is 0 Å². The minimum absolute atomic E-state index is 0.0900. The zero-order chi connectivity index (χ0) is 43.9. The van der Waals surface area contributed by atoms with Gasteiger partial charge in [-0.05, 0) is 88.3 Å². The molecule has 63 heavy (non-hydrogen) atoms. The van der Waals surface area contributed by atoms with Crippen molar-refractivity contribution in [2.45, 2.75) is 95.7 Å². The molecule has 1 atom stereocenters. The van der Waals surface area contributed by atoms with E-state index in [1.165, 1.54) is 7.05 Å². The van der Waals surface area contributed by atoms with Crippen LogP contribution in [0.5, 0.6) is 5.75 Å². The van der Waals surface area contributed by atoms with Gasteiger partial charge in [-0.25, -0.2) is 4.98 Å². The number of imide groups is 1. The van der Waals surface area contributed by atoms with E-state index in [1.54, 1.807) is 21.7 Å². The predicted octanol–water partition coefficient (Wildman–Crippen LogP) is 4.34. The van der Waals surface area contributed by atoms with Crippen molar-refractivity contribution in [1.82, 2.24) is 35.0 Å². The average Bonchev–Trinajstić information content (AvgIpc) is 3.60. The maximum absolute atomic E-state index is 13.8. The van der Waals surface area contributed by atoms with Gasteiger partial charge in [0.1, 0.15) is 11.1 Å². The summed E-state index contributed by atoms with van der Waals surface area (Å²) in [6.07, 6.45) is 7.15. The number of aromatic nitrogens is 3. The Morgan fingerprint density at radius 1 is 0.984 bits per heavy atom. The Kier molecular flexibility index (Phi) is 12.0. The highest BCUT2D eigenvalue weighted by molar-refractivity contribution is 6.33. The van der Waals surface area contributed by atoms with Crippen LogP contribution >= 0.6 is 11.6 Å². The molecule has 0 spiro atoms. The smallest absolute Gasteiger partial charge is 0.293 e. The number of amides is 4. The highest BCUT2D eigenvalue weighted by atomic mass is 35.5. The number of anilines is 4. The van der Waals surface area contributed by atoms with E-state index in [0.29, 0.717) is 47.0 Å². The number of fused-ring (bicyclic) bond motifs is 2. The second-order valence-electron chi connectivity index (χ2n) is 17.4. The molecule has 0 bridgehead atoms. The molecule has 1 unspecified atom stereocenters. The third-order valence-electron chi connectivity index (χ3n) is 12.9. The normalized spacial score (nSPS) is 22.0. The number of likely N-dealkylation sites (N-methyl/N-ethyl adjacent to an activating group) is 1. The molecule has 2 aromatic heterocycles. The van der Waals surface area contributed by atoms with Crippen LogP contribution in [-0.4, -0.2) is 119 Å². The van der Waals surface area contributed by atoms with Gasteiger partial charge in [0.25, 0.3) is 17.4 Å². The van der Waals surface area contributed by atoms with Crippen LogP contribution in [0.1, 0.15) is 80.8 Å². The molecule has 4 aliphatic heterocycles. The minimum Gasteiger partial charge on any atom is -0.478 e. The summed E-state index contributed by atoms with van der Waals surface area (Å²) in [5.74, 6) is -0.0301. The Bertz CT molecular complexity index is 2500. The number of pyridine rings is 1. The van der Waals surface area contributed by atoms with Crippen molar-refractivity contribution in [2.75, 3.05) is 61.6 Å². The Morgan fingerprint density at radius 2 is 1.79 bits per heavy atom. The molecule has 6 heterocycles. The van der Waals surface area contributed by atoms with Gasteiger partial charge in [-0.2, -0.15) is 4.98 Å². The first-order chi connectivity index (χ1) is 30.4. The van der Waals surface area contributed by atoms with Gasteiger partial charge < -0.3 is 39.4 Å². The molecule has 4 aromatic rings. The summed E-state index contributed by atoms with van der Waals surface area (Å²) in [6, 6.07) is 12.9. The van der Waals surface area contributed by atoms with Gasteiger partial charge >= 0.3 is 0 Å². The zero-order valence-corrected chi connectivity index (χ0v) is 36.5. The van der Waals surface area contributed by atoms with Crippen molar-refractivity contribution in [3.8, 4) is 5.75 Å². The molecular formula is C45H53ClN10O7.